The minimum Gasteiger partial charge on any atom is -0.493 e. The molecule has 4 N–H and O–H groups in total. The van der Waals surface area contributed by atoms with Gasteiger partial charge in [0.2, 0.25) is 5.91 Å². The van der Waals surface area contributed by atoms with Gasteiger partial charge in [-0.2, -0.15) is 0 Å². The lowest BCUT2D eigenvalue weighted by Crippen LogP contribution is -2.26. The molecule has 18 heavy (non-hydrogen) atoms. The maximum absolute atomic E-state index is 10.7. The number of carbonyl (C=O) groups is 1. The van der Waals surface area contributed by atoms with Gasteiger partial charge < -0.3 is 21.1 Å². The van der Waals surface area contributed by atoms with Gasteiger partial charge in [-0.05, 0) is 12.5 Å². The first-order valence-electron chi connectivity index (χ1n) is 6.13. The third-order valence-electron chi connectivity index (χ3n) is 2.23. The second-order valence-corrected chi connectivity index (χ2v) is 4.05. The first-order valence-corrected chi connectivity index (χ1v) is 6.13. The Morgan fingerprint density at radius 1 is 1.33 bits per heavy atom. The van der Waals surface area contributed by atoms with E-state index in [4.69, 9.17) is 10.5 Å². The highest BCUT2D eigenvalue weighted by Crippen LogP contribution is 2.22. The van der Waals surface area contributed by atoms with E-state index in [0.29, 0.717) is 25.4 Å². The summed E-state index contributed by atoms with van der Waals surface area (Å²) < 4.78 is 5.53. The summed E-state index contributed by atoms with van der Waals surface area (Å²) >= 11 is 0. The van der Waals surface area contributed by atoms with Gasteiger partial charge in [0, 0.05) is 43.5 Å². The van der Waals surface area contributed by atoms with Gasteiger partial charge in [-0.1, -0.05) is 6.92 Å². The van der Waals surface area contributed by atoms with E-state index in [-0.39, 0.29) is 5.91 Å². The molecule has 0 bridgehead atoms. The number of nitrogen functional groups attached to an aromatic ring is 1. The van der Waals surface area contributed by atoms with Crippen molar-refractivity contribution in [3.8, 4) is 5.75 Å². The molecule has 0 radical (unpaired) electrons. The summed E-state index contributed by atoms with van der Waals surface area (Å²) in [5.74, 6) is 0.732. The second kappa shape index (κ2) is 7.42. The van der Waals surface area contributed by atoms with Crippen molar-refractivity contribution in [2.24, 2.45) is 0 Å². The Labute approximate surface area is 108 Å². The van der Waals surface area contributed by atoms with Crippen LogP contribution in [0.15, 0.2) is 18.2 Å². The molecule has 1 rings (SSSR count). The summed E-state index contributed by atoms with van der Waals surface area (Å²) in [6.45, 7) is 5.45. The fourth-order valence-corrected chi connectivity index (χ4v) is 1.47. The molecule has 0 fully saturated rings. The van der Waals surface area contributed by atoms with Crippen LogP contribution in [0.4, 0.5) is 11.4 Å². The number of ether oxygens (including phenoxy) is 1. The maximum atomic E-state index is 10.7. The Hall–Kier alpha value is -1.91. The number of amides is 1. The highest BCUT2D eigenvalue weighted by Gasteiger charge is 2.00. The lowest BCUT2D eigenvalue weighted by atomic mass is 10.2. The van der Waals surface area contributed by atoms with Gasteiger partial charge in [0.05, 0.1) is 6.61 Å². The highest BCUT2D eigenvalue weighted by molar-refractivity contribution is 5.72. The van der Waals surface area contributed by atoms with Gasteiger partial charge in [0.15, 0.2) is 0 Å². The minimum absolute atomic E-state index is 0.0312. The molecule has 1 aromatic carbocycles. The molecule has 5 nitrogen and oxygen atoms in total. The monoisotopic (exact) mass is 251 g/mol. The van der Waals surface area contributed by atoms with E-state index in [1.54, 1.807) is 6.07 Å². The van der Waals surface area contributed by atoms with Crippen molar-refractivity contribution in [1.29, 1.82) is 0 Å². The van der Waals surface area contributed by atoms with E-state index in [0.717, 1.165) is 17.9 Å². The number of benzene rings is 1. The Bertz CT molecular complexity index is 394. The molecule has 0 aliphatic rings. The SMILES string of the molecule is CCCOc1cc(N)cc(NCCNC(C)=O)c1. The molecule has 100 valence electrons. The summed E-state index contributed by atoms with van der Waals surface area (Å²) in [6, 6.07) is 5.54. The molecule has 0 aliphatic heterocycles. The van der Waals surface area contributed by atoms with Crippen LogP contribution in [-0.2, 0) is 4.79 Å². The summed E-state index contributed by atoms with van der Waals surface area (Å²) in [5.41, 5.74) is 7.35. The molecule has 1 amide bonds. The molecule has 0 heterocycles. The largest absolute Gasteiger partial charge is 0.493 e. The average molecular weight is 251 g/mol. The summed E-state index contributed by atoms with van der Waals surface area (Å²) in [5, 5.41) is 5.90. The molecule has 0 saturated carbocycles. The van der Waals surface area contributed by atoms with Crippen LogP contribution < -0.4 is 21.1 Å². The highest BCUT2D eigenvalue weighted by atomic mass is 16.5. The van der Waals surface area contributed by atoms with E-state index in [1.807, 2.05) is 12.1 Å². The zero-order valence-electron chi connectivity index (χ0n) is 11.0. The number of nitrogens with two attached hydrogens (primary N) is 1. The first-order chi connectivity index (χ1) is 8.61. The number of hydrogen-bond acceptors (Lipinski definition) is 4. The van der Waals surface area contributed by atoms with Gasteiger partial charge in [-0.15, -0.1) is 0 Å². The fourth-order valence-electron chi connectivity index (χ4n) is 1.47. The summed E-state index contributed by atoms with van der Waals surface area (Å²) in [6.07, 6.45) is 0.958. The van der Waals surface area contributed by atoms with E-state index in [9.17, 15) is 4.79 Å². The molecule has 5 heteroatoms. The Balaban J connectivity index is 2.48. The maximum Gasteiger partial charge on any atom is 0.216 e. The Morgan fingerprint density at radius 2 is 2.11 bits per heavy atom. The van der Waals surface area contributed by atoms with Gasteiger partial charge in [0.25, 0.3) is 0 Å². The number of rotatable bonds is 7. The van der Waals surface area contributed by atoms with Crippen molar-refractivity contribution in [2.75, 3.05) is 30.7 Å². The standard InChI is InChI=1S/C13H21N3O2/c1-3-6-18-13-8-11(14)7-12(9-13)16-5-4-15-10(2)17/h7-9,16H,3-6,14H2,1-2H3,(H,15,17). The number of anilines is 2. The van der Waals surface area contributed by atoms with Crippen molar-refractivity contribution >= 4 is 17.3 Å². The van der Waals surface area contributed by atoms with E-state index in [1.165, 1.54) is 6.92 Å². The smallest absolute Gasteiger partial charge is 0.216 e. The summed E-state index contributed by atoms with van der Waals surface area (Å²) in [7, 11) is 0. The lowest BCUT2D eigenvalue weighted by molar-refractivity contribution is -0.118. The number of carbonyl (C=O) groups excluding carboxylic acids is 1. The van der Waals surface area contributed by atoms with Gasteiger partial charge >= 0.3 is 0 Å². The first kappa shape index (κ1) is 14.2. The van der Waals surface area contributed by atoms with Crippen LogP contribution in [0.1, 0.15) is 20.3 Å². The van der Waals surface area contributed by atoms with Crippen molar-refractivity contribution in [1.82, 2.24) is 5.32 Å². The van der Waals surface area contributed by atoms with Crippen molar-refractivity contribution in [3.63, 3.8) is 0 Å². The van der Waals surface area contributed by atoms with Crippen LogP contribution in [0.3, 0.4) is 0 Å². The van der Waals surface area contributed by atoms with Crippen LogP contribution in [0.25, 0.3) is 0 Å². The summed E-state index contributed by atoms with van der Waals surface area (Å²) in [4.78, 5) is 10.7. The second-order valence-electron chi connectivity index (χ2n) is 4.05. The van der Waals surface area contributed by atoms with Crippen LogP contribution in [0.5, 0.6) is 5.75 Å². The Morgan fingerprint density at radius 3 is 2.78 bits per heavy atom. The lowest BCUT2D eigenvalue weighted by Gasteiger charge is -2.11. The molecular weight excluding hydrogens is 230 g/mol. The predicted molar refractivity (Wildman–Crippen MR) is 73.8 cm³/mol. The fraction of sp³-hybridized carbons (Fsp3) is 0.462. The third kappa shape index (κ3) is 5.43. The zero-order chi connectivity index (χ0) is 13.4. The molecule has 0 atom stereocenters. The average Bonchev–Trinajstić information content (AvgIpc) is 2.31. The van der Waals surface area contributed by atoms with Gasteiger partial charge in [0.1, 0.15) is 5.75 Å². The van der Waals surface area contributed by atoms with Crippen LogP contribution in [-0.4, -0.2) is 25.6 Å². The molecule has 0 aliphatic carbocycles. The van der Waals surface area contributed by atoms with Crippen LogP contribution in [0, 0.1) is 0 Å². The number of hydrogen-bond donors (Lipinski definition) is 3. The molecule has 0 unspecified atom stereocenters. The molecule has 0 spiro atoms. The zero-order valence-corrected chi connectivity index (χ0v) is 11.0. The van der Waals surface area contributed by atoms with Crippen LogP contribution in [0.2, 0.25) is 0 Å². The predicted octanol–water partition coefficient (Wildman–Crippen LogP) is 1.61. The molecule has 1 aromatic rings. The quantitative estimate of drug-likeness (QED) is 0.508. The Kier molecular flexibility index (Phi) is 5.84. The van der Waals surface area contributed by atoms with Gasteiger partial charge in [-0.3, -0.25) is 4.79 Å². The minimum atomic E-state index is -0.0312. The van der Waals surface area contributed by atoms with Crippen LogP contribution >= 0.6 is 0 Å². The van der Waals surface area contributed by atoms with Crippen molar-refractivity contribution in [2.45, 2.75) is 20.3 Å². The van der Waals surface area contributed by atoms with E-state index in [2.05, 4.69) is 17.6 Å². The van der Waals surface area contributed by atoms with Crippen molar-refractivity contribution < 1.29 is 9.53 Å². The molecular formula is C13H21N3O2. The molecule has 0 aromatic heterocycles. The number of nitrogens with one attached hydrogen (secondary N) is 2. The van der Waals surface area contributed by atoms with Crippen molar-refractivity contribution in [3.05, 3.63) is 18.2 Å². The van der Waals surface area contributed by atoms with E-state index < -0.39 is 0 Å². The van der Waals surface area contributed by atoms with Gasteiger partial charge in [-0.25, -0.2) is 0 Å². The topological polar surface area (TPSA) is 76.4 Å². The normalized spacial score (nSPS) is 9.89. The molecule has 0 saturated heterocycles. The third-order valence-corrected chi connectivity index (χ3v) is 2.23. The van der Waals surface area contributed by atoms with E-state index >= 15 is 0 Å².